The van der Waals surface area contributed by atoms with Gasteiger partial charge in [0.25, 0.3) is 10.0 Å². The smallest absolute Gasteiger partial charge is 0.257 e. The van der Waals surface area contributed by atoms with Crippen molar-refractivity contribution in [1.82, 2.24) is 9.55 Å². The van der Waals surface area contributed by atoms with Crippen molar-refractivity contribution >= 4 is 10.0 Å². The Bertz CT molecular complexity index is 690. The number of hydrogen-bond donors (Lipinski definition) is 1. The number of hydrogen-bond acceptors (Lipinski definition) is 3. The number of rotatable bonds is 4. The molecule has 19 heavy (non-hydrogen) atoms. The highest BCUT2D eigenvalue weighted by atomic mass is 32.2. The summed E-state index contributed by atoms with van der Waals surface area (Å²) in [4.78, 5) is 4.07. The number of aryl methyl sites for hydroxylation is 2. The molecule has 0 fully saturated rings. The number of imidazole rings is 1. The van der Waals surface area contributed by atoms with Crippen LogP contribution in [0.25, 0.3) is 0 Å². The Balaban J connectivity index is 2.37. The largest absolute Gasteiger partial charge is 0.329 e. The van der Waals surface area contributed by atoms with E-state index in [1.54, 1.807) is 0 Å². The van der Waals surface area contributed by atoms with Gasteiger partial charge in [-0.05, 0) is 12.5 Å². The summed E-state index contributed by atoms with van der Waals surface area (Å²) in [5, 5.41) is 5.04. The molecule has 0 aliphatic rings. The van der Waals surface area contributed by atoms with Gasteiger partial charge >= 0.3 is 0 Å². The van der Waals surface area contributed by atoms with E-state index in [1.807, 2.05) is 36.6 Å². The van der Waals surface area contributed by atoms with Crippen molar-refractivity contribution < 1.29 is 8.42 Å². The minimum Gasteiger partial charge on any atom is -0.329 e. The summed E-state index contributed by atoms with van der Waals surface area (Å²) in [6, 6.07) is 8.07. The molecule has 5 nitrogen and oxygen atoms in total. The van der Waals surface area contributed by atoms with Gasteiger partial charge in [-0.2, -0.15) is 0 Å². The van der Waals surface area contributed by atoms with Crippen molar-refractivity contribution in [3.05, 3.63) is 47.4 Å². The summed E-state index contributed by atoms with van der Waals surface area (Å²) >= 11 is 0. The van der Waals surface area contributed by atoms with E-state index >= 15 is 0 Å². The zero-order valence-electron chi connectivity index (χ0n) is 11.0. The molecule has 2 N–H and O–H groups in total. The lowest BCUT2D eigenvalue weighted by molar-refractivity contribution is 0.594. The van der Waals surface area contributed by atoms with Gasteiger partial charge in [-0.1, -0.05) is 36.8 Å². The summed E-state index contributed by atoms with van der Waals surface area (Å²) in [5.74, 6) is 0.713. The van der Waals surface area contributed by atoms with Crippen LogP contribution in [0.5, 0.6) is 0 Å². The number of benzene rings is 1. The van der Waals surface area contributed by atoms with E-state index in [-0.39, 0.29) is 5.03 Å². The van der Waals surface area contributed by atoms with E-state index in [2.05, 4.69) is 11.1 Å². The first-order valence-corrected chi connectivity index (χ1v) is 7.59. The maximum Gasteiger partial charge on any atom is 0.257 e. The standard InChI is InChI=1S/C13H17N3O2S/c1-3-12-15-13(19(14,17)18)9-16(12)8-11-6-4-5-10(2)7-11/h4-7,9H,3,8H2,1-2H3,(H2,14,17,18). The Morgan fingerprint density at radius 3 is 2.68 bits per heavy atom. The van der Waals surface area contributed by atoms with Crippen molar-refractivity contribution in [2.45, 2.75) is 31.8 Å². The lowest BCUT2D eigenvalue weighted by atomic mass is 10.1. The second-order valence-electron chi connectivity index (χ2n) is 4.51. The van der Waals surface area contributed by atoms with Gasteiger partial charge in [-0.3, -0.25) is 0 Å². The Morgan fingerprint density at radius 1 is 1.37 bits per heavy atom. The fourth-order valence-corrected chi connectivity index (χ4v) is 2.50. The molecular weight excluding hydrogens is 262 g/mol. The fraction of sp³-hybridized carbons (Fsp3) is 0.308. The highest BCUT2D eigenvalue weighted by Crippen LogP contribution is 2.12. The van der Waals surface area contributed by atoms with E-state index < -0.39 is 10.0 Å². The van der Waals surface area contributed by atoms with Crippen LogP contribution in [0.3, 0.4) is 0 Å². The van der Waals surface area contributed by atoms with Gasteiger partial charge in [0, 0.05) is 19.2 Å². The average molecular weight is 279 g/mol. The molecule has 0 aliphatic heterocycles. The van der Waals surface area contributed by atoms with Crippen LogP contribution in [0.4, 0.5) is 0 Å². The van der Waals surface area contributed by atoms with Crippen LogP contribution in [-0.4, -0.2) is 18.0 Å². The van der Waals surface area contributed by atoms with Crippen LogP contribution in [0, 0.1) is 6.92 Å². The number of sulfonamides is 1. The fourth-order valence-electron chi connectivity index (χ4n) is 1.99. The quantitative estimate of drug-likeness (QED) is 0.920. The van der Waals surface area contributed by atoms with E-state index in [9.17, 15) is 8.42 Å². The topological polar surface area (TPSA) is 78.0 Å². The van der Waals surface area contributed by atoms with E-state index in [4.69, 9.17) is 5.14 Å². The van der Waals surface area contributed by atoms with Gasteiger partial charge in [0.1, 0.15) is 5.82 Å². The van der Waals surface area contributed by atoms with Gasteiger partial charge in [0.15, 0.2) is 5.03 Å². The van der Waals surface area contributed by atoms with Gasteiger partial charge in [-0.15, -0.1) is 0 Å². The lowest BCUT2D eigenvalue weighted by Crippen LogP contribution is -2.12. The van der Waals surface area contributed by atoms with Gasteiger partial charge in [0.2, 0.25) is 0 Å². The molecule has 1 heterocycles. The highest BCUT2D eigenvalue weighted by Gasteiger charge is 2.15. The normalized spacial score (nSPS) is 11.7. The zero-order valence-corrected chi connectivity index (χ0v) is 11.8. The van der Waals surface area contributed by atoms with Crippen LogP contribution >= 0.6 is 0 Å². The van der Waals surface area contributed by atoms with Gasteiger partial charge < -0.3 is 4.57 Å². The molecule has 1 aromatic carbocycles. The van der Waals surface area contributed by atoms with E-state index in [1.165, 1.54) is 11.8 Å². The molecule has 6 heteroatoms. The molecule has 0 aliphatic carbocycles. The maximum atomic E-state index is 11.3. The summed E-state index contributed by atoms with van der Waals surface area (Å²) in [6.07, 6.45) is 2.15. The summed E-state index contributed by atoms with van der Waals surface area (Å²) in [6.45, 7) is 4.54. The molecule has 0 amide bonds. The molecule has 102 valence electrons. The lowest BCUT2D eigenvalue weighted by Gasteiger charge is -2.06. The van der Waals surface area contributed by atoms with Crippen molar-refractivity contribution in [1.29, 1.82) is 0 Å². The Hall–Kier alpha value is -1.66. The molecule has 0 atom stereocenters. The Kier molecular flexibility index (Phi) is 3.73. The number of primary sulfonamides is 1. The minimum atomic E-state index is -3.75. The van der Waals surface area contributed by atoms with Crippen LogP contribution in [0.2, 0.25) is 0 Å². The zero-order chi connectivity index (χ0) is 14.0. The molecule has 1 aromatic heterocycles. The molecular formula is C13H17N3O2S. The number of nitrogens with zero attached hydrogens (tertiary/aromatic N) is 2. The first-order chi connectivity index (χ1) is 8.90. The second-order valence-corrected chi connectivity index (χ2v) is 6.02. The number of aromatic nitrogens is 2. The van der Waals surface area contributed by atoms with E-state index in [0.717, 1.165) is 5.56 Å². The van der Waals surface area contributed by atoms with Crippen molar-refractivity contribution in [3.63, 3.8) is 0 Å². The third-order valence-corrected chi connectivity index (χ3v) is 3.66. The highest BCUT2D eigenvalue weighted by molar-refractivity contribution is 7.89. The molecule has 0 bridgehead atoms. The van der Waals surface area contributed by atoms with Crippen LogP contribution in [-0.2, 0) is 23.0 Å². The monoisotopic (exact) mass is 279 g/mol. The maximum absolute atomic E-state index is 11.3. The van der Waals surface area contributed by atoms with Crippen LogP contribution < -0.4 is 5.14 Å². The minimum absolute atomic E-state index is 0.0722. The molecule has 0 radical (unpaired) electrons. The third-order valence-electron chi connectivity index (χ3n) is 2.88. The third kappa shape index (κ3) is 3.21. The van der Waals surface area contributed by atoms with Crippen molar-refractivity contribution in [2.75, 3.05) is 0 Å². The first kappa shape index (κ1) is 13.8. The van der Waals surface area contributed by atoms with Crippen molar-refractivity contribution in [3.8, 4) is 0 Å². The molecule has 0 saturated carbocycles. The predicted molar refractivity (Wildman–Crippen MR) is 73.3 cm³/mol. The Morgan fingerprint density at radius 2 is 2.11 bits per heavy atom. The van der Waals surface area contributed by atoms with E-state index in [0.29, 0.717) is 18.8 Å². The van der Waals surface area contributed by atoms with Crippen LogP contribution in [0.15, 0.2) is 35.5 Å². The summed E-state index contributed by atoms with van der Waals surface area (Å²) < 4.78 is 24.5. The van der Waals surface area contributed by atoms with Crippen molar-refractivity contribution in [2.24, 2.45) is 5.14 Å². The van der Waals surface area contributed by atoms with Gasteiger partial charge in [-0.25, -0.2) is 18.5 Å². The second kappa shape index (κ2) is 5.14. The summed E-state index contributed by atoms with van der Waals surface area (Å²) in [5.41, 5.74) is 2.27. The predicted octanol–water partition coefficient (Wildman–Crippen LogP) is 1.45. The average Bonchev–Trinajstić information content (AvgIpc) is 2.72. The van der Waals surface area contributed by atoms with Gasteiger partial charge in [0.05, 0.1) is 0 Å². The van der Waals surface area contributed by atoms with Crippen LogP contribution in [0.1, 0.15) is 23.9 Å². The first-order valence-electron chi connectivity index (χ1n) is 6.04. The molecule has 2 aromatic rings. The summed E-state index contributed by atoms with van der Waals surface area (Å²) in [7, 11) is -3.75. The Labute approximate surface area is 113 Å². The SMILES string of the molecule is CCc1nc(S(N)(=O)=O)cn1Cc1cccc(C)c1. The number of nitrogens with two attached hydrogens (primary N) is 1. The molecule has 0 unspecified atom stereocenters. The molecule has 0 saturated heterocycles. The molecule has 0 spiro atoms. The molecule has 2 rings (SSSR count).